The van der Waals surface area contributed by atoms with Gasteiger partial charge in [0.2, 0.25) is 11.8 Å². The van der Waals surface area contributed by atoms with Crippen LogP contribution in [0.2, 0.25) is 0 Å². The second-order valence-corrected chi connectivity index (χ2v) is 12.8. The Morgan fingerprint density at radius 3 is 2.34 bits per heavy atom. The van der Waals surface area contributed by atoms with Crippen molar-refractivity contribution in [1.82, 2.24) is 15.1 Å². The average Bonchev–Trinajstić information content (AvgIpc) is 2.87. The second kappa shape index (κ2) is 8.74. The zero-order valence-corrected chi connectivity index (χ0v) is 19.6. The second-order valence-electron chi connectivity index (χ2n) is 9.06. The van der Waals surface area contributed by atoms with Crippen molar-refractivity contribution < 1.29 is 29.4 Å². The van der Waals surface area contributed by atoms with Crippen molar-refractivity contribution in [3.63, 3.8) is 0 Å². The molecule has 1 aromatic carbocycles. The monoisotopic (exact) mass is 465 g/mol. The summed E-state index contributed by atoms with van der Waals surface area (Å²) in [6.07, 6.45) is 0.0201. The first-order chi connectivity index (χ1) is 15.0. The van der Waals surface area contributed by atoms with Crippen LogP contribution in [0.4, 0.5) is 4.79 Å². The van der Waals surface area contributed by atoms with Crippen molar-refractivity contribution >= 4 is 33.1 Å². The summed E-state index contributed by atoms with van der Waals surface area (Å²) < 4.78 is -1.18. The standard InChI is InChI=1S/C22H31N3O6S/c1-14(2)23-16(27)12-24(11-15-8-6-5-7-9-15)21(31)32(13-26)18-10-17(28)25(18)19(20(29)30)22(32,3)4/h5-9,14,18-19,26H,10-13H2,1-4H3,(H,23,27)(H,29,30)/t18-,19+/m1/s1. The number of carboxylic acid groups (broad SMARTS) is 1. The lowest BCUT2D eigenvalue weighted by Crippen LogP contribution is -2.57. The number of carbonyl (C=O) groups excluding carboxylic acids is 3. The SMILES string of the molecule is CC(C)NC(=O)CN(Cc1ccccc1)C(=O)S1(CO)[C@@H]2CC(=O)N2[C@@H](C(=O)O)C1(C)C. The maximum Gasteiger partial charge on any atom is 0.327 e. The van der Waals surface area contributed by atoms with Gasteiger partial charge in [-0.15, -0.1) is 10.0 Å². The molecule has 176 valence electrons. The highest BCUT2D eigenvalue weighted by Crippen LogP contribution is 2.74. The molecule has 0 saturated carbocycles. The Balaban J connectivity index is 2.03. The lowest BCUT2D eigenvalue weighted by molar-refractivity contribution is -0.157. The van der Waals surface area contributed by atoms with Gasteiger partial charge in [0.25, 0.3) is 5.24 Å². The summed E-state index contributed by atoms with van der Waals surface area (Å²) in [5, 5.41) is 22.1. The summed E-state index contributed by atoms with van der Waals surface area (Å²) in [4.78, 5) is 53.7. The molecule has 1 unspecified atom stereocenters. The number of aliphatic hydroxyl groups excluding tert-OH is 1. The van der Waals surface area contributed by atoms with E-state index in [4.69, 9.17) is 0 Å². The molecule has 0 radical (unpaired) electrons. The normalized spacial score (nSPS) is 27.8. The molecule has 1 aromatic rings. The van der Waals surface area contributed by atoms with E-state index in [1.165, 1.54) is 9.80 Å². The quantitative estimate of drug-likeness (QED) is 0.526. The molecule has 2 heterocycles. The third-order valence-corrected chi connectivity index (χ3v) is 11.0. The highest BCUT2D eigenvalue weighted by atomic mass is 32.3. The van der Waals surface area contributed by atoms with Crippen LogP contribution in [-0.4, -0.2) is 77.7 Å². The molecule has 32 heavy (non-hydrogen) atoms. The summed E-state index contributed by atoms with van der Waals surface area (Å²) >= 11 is 0. The maximum absolute atomic E-state index is 14.1. The van der Waals surface area contributed by atoms with Crippen LogP contribution in [0.1, 0.15) is 39.7 Å². The number of aliphatic carboxylic acids is 1. The molecule has 0 aromatic heterocycles. The fourth-order valence-corrected chi connectivity index (χ4v) is 9.01. The highest BCUT2D eigenvalue weighted by Gasteiger charge is 2.72. The van der Waals surface area contributed by atoms with Gasteiger partial charge in [-0.25, -0.2) is 4.79 Å². The molecule has 0 aliphatic carbocycles. The predicted molar refractivity (Wildman–Crippen MR) is 121 cm³/mol. The molecule has 3 amide bonds. The predicted octanol–water partition coefficient (Wildman–Crippen LogP) is 1.69. The van der Waals surface area contributed by atoms with Crippen molar-refractivity contribution in [2.24, 2.45) is 0 Å². The number of fused-ring (bicyclic) bond motifs is 1. The smallest absolute Gasteiger partial charge is 0.327 e. The first-order valence-electron chi connectivity index (χ1n) is 10.5. The Bertz CT molecular complexity index is 922. The molecule has 3 N–H and O–H groups in total. The Hall–Kier alpha value is -2.59. The van der Waals surface area contributed by atoms with Gasteiger partial charge in [0.15, 0.2) is 0 Å². The van der Waals surface area contributed by atoms with Gasteiger partial charge >= 0.3 is 5.97 Å². The third-order valence-electron chi connectivity index (χ3n) is 6.30. The van der Waals surface area contributed by atoms with Gasteiger partial charge in [-0.05, 0) is 33.3 Å². The Kier molecular flexibility index (Phi) is 6.57. The molecular weight excluding hydrogens is 434 g/mol. The van der Waals surface area contributed by atoms with E-state index in [1.54, 1.807) is 13.8 Å². The van der Waals surface area contributed by atoms with E-state index in [0.29, 0.717) is 0 Å². The number of nitrogens with one attached hydrogen (secondary N) is 1. The van der Waals surface area contributed by atoms with E-state index < -0.39 is 43.3 Å². The molecule has 9 nitrogen and oxygen atoms in total. The fraction of sp³-hybridized carbons (Fsp3) is 0.545. The number of hydrogen-bond donors (Lipinski definition) is 3. The first-order valence-corrected chi connectivity index (χ1v) is 12.4. The fourth-order valence-electron chi connectivity index (χ4n) is 4.76. The van der Waals surface area contributed by atoms with Crippen LogP contribution < -0.4 is 5.32 Å². The first kappa shape index (κ1) is 24.1. The molecule has 0 spiro atoms. The zero-order valence-electron chi connectivity index (χ0n) is 18.8. The minimum atomic E-state index is -2.73. The zero-order chi connectivity index (χ0) is 23.8. The van der Waals surface area contributed by atoms with E-state index in [0.717, 1.165) is 5.56 Å². The maximum atomic E-state index is 14.1. The van der Waals surface area contributed by atoms with Crippen molar-refractivity contribution in [2.75, 3.05) is 12.5 Å². The third kappa shape index (κ3) is 3.75. The number of carboxylic acids is 1. The van der Waals surface area contributed by atoms with Crippen molar-refractivity contribution in [1.29, 1.82) is 0 Å². The summed E-state index contributed by atoms with van der Waals surface area (Å²) in [6, 6.07) is 7.84. The van der Waals surface area contributed by atoms with Crippen LogP contribution in [0.25, 0.3) is 0 Å². The molecule has 2 aliphatic heterocycles. The Morgan fingerprint density at radius 2 is 1.88 bits per heavy atom. The van der Waals surface area contributed by atoms with Gasteiger partial charge in [0.05, 0.1) is 17.7 Å². The van der Waals surface area contributed by atoms with E-state index >= 15 is 0 Å². The van der Waals surface area contributed by atoms with Crippen molar-refractivity contribution in [3.8, 4) is 0 Å². The summed E-state index contributed by atoms with van der Waals surface area (Å²) in [7, 11) is -2.73. The Morgan fingerprint density at radius 1 is 1.25 bits per heavy atom. The number of hydrogen-bond acceptors (Lipinski definition) is 5. The number of β-lactam (4-membered cyclic amide) rings is 1. The van der Waals surface area contributed by atoms with Crippen LogP contribution >= 0.6 is 10.0 Å². The van der Waals surface area contributed by atoms with E-state index in [1.807, 2.05) is 44.2 Å². The van der Waals surface area contributed by atoms with Crippen LogP contribution in [0.5, 0.6) is 0 Å². The summed E-state index contributed by atoms with van der Waals surface area (Å²) in [5.74, 6) is -2.42. The molecule has 3 atom stereocenters. The summed E-state index contributed by atoms with van der Waals surface area (Å²) in [6.45, 7) is 6.81. The molecule has 2 aliphatic rings. The topological polar surface area (TPSA) is 127 Å². The van der Waals surface area contributed by atoms with Crippen molar-refractivity contribution in [3.05, 3.63) is 35.9 Å². The molecule has 2 fully saturated rings. The van der Waals surface area contributed by atoms with Crippen LogP contribution in [0, 0.1) is 0 Å². The lowest BCUT2D eigenvalue weighted by Gasteiger charge is -2.51. The number of rotatable bonds is 7. The van der Waals surface area contributed by atoms with E-state index in [-0.39, 0.29) is 37.4 Å². The molecule has 0 bridgehead atoms. The van der Waals surface area contributed by atoms with Crippen LogP contribution in [0.15, 0.2) is 30.3 Å². The number of aliphatic hydroxyl groups is 1. The van der Waals surface area contributed by atoms with Crippen LogP contribution in [-0.2, 0) is 20.9 Å². The molecular formula is C22H31N3O6S. The summed E-state index contributed by atoms with van der Waals surface area (Å²) in [5.41, 5.74) is 0.804. The molecule has 3 rings (SSSR count). The van der Waals surface area contributed by atoms with Gasteiger partial charge in [0, 0.05) is 17.3 Å². The molecule has 10 heteroatoms. The van der Waals surface area contributed by atoms with Crippen molar-refractivity contribution in [2.45, 2.75) is 62.9 Å². The molecule has 2 saturated heterocycles. The van der Waals surface area contributed by atoms with Crippen LogP contribution in [0.3, 0.4) is 0 Å². The van der Waals surface area contributed by atoms with Gasteiger partial charge in [-0.3, -0.25) is 14.4 Å². The number of amides is 3. The van der Waals surface area contributed by atoms with Gasteiger partial charge in [-0.2, -0.15) is 0 Å². The van der Waals surface area contributed by atoms with Gasteiger partial charge in [-0.1, -0.05) is 30.3 Å². The highest BCUT2D eigenvalue weighted by molar-refractivity contribution is 8.46. The van der Waals surface area contributed by atoms with E-state index in [2.05, 4.69) is 5.32 Å². The van der Waals surface area contributed by atoms with Gasteiger partial charge in [0.1, 0.15) is 12.6 Å². The Labute approximate surface area is 189 Å². The lowest BCUT2D eigenvalue weighted by atomic mass is 9.98. The minimum Gasteiger partial charge on any atom is -0.480 e. The largest absolute Gasteiger partial charge is 0.480 e. The number of carbonyl (C=O) groups is 4. The van der Waals surface area contributed by atoms with E-state index in [9.17, 15) is 29.4 Å². The van der Waals surface area contributed by atoms with Gasteiger partial charge < -0.3 is 25.3 Å². The number of nitrogens with zero attached hydrogens (tertiary/aromatic N) is 2. The average molecular weight is 466 g/mol. The number of benzene rings is 1. The minimum absolute atomic E-state index is 0.0201.